The van der Waals surface area contributed by atoms with Gasteiger partial charge in [0.1, 0.15) is 11.9 Å². The van der Waals surface area contributed by atoms with Gasteiger partial charge in [0.05, 0.1) is 19.7 Å². The topological polar surface area (TPSA) is 49.9 Å². The van der Waals surface area contributed by atoms with E-state index in [1.54, 1.807) is 17.0 Å². The summed E-state index contributed by atoms with van der Waals surface area (Å²) >= 11 is 0. The lowest BCUT2D eigenvalue weighted by molar-refractivity contribution is -0.143. The first-order valence-electron chi connectivity index (χ1n) is 7.61. The molecule has 2 rings (SSSR count). The largest absolute Gasteiger partial charge is 0.370 e. The lowest BCUT2D eigenvalue weighted by Crippen LogP contribution is -2.47. The standard InChI is InChI=1S/C17H21FN2O3/c1-3-16(21)19(4-2)12-17(22)20-9-10-23-15(11-20)13-5-7-14(18)8-6-13/h3,5-8,15H,1,4,9-12H2,2H3. The van der Waals surface area contributed by atoms with E-state index in [1.807, 2.05) is 6.92 Å². The first-order valence-corrected chi connectivity index (χ1v) is 7.61. The van der Waals surface area contributed by atoms with Crippen LogP contribution in [0.1, 0.15) is 18.6 Å². The number of hydrogen-bond donors (Lipinski definition) is 0. The Morgan fingerprint density at radius 1 is 1.43 bits per heavy atom. The van der Waals surface area contributed by atoms with Crippen molar-refractivity contribution in [1.29, 1.82) is 0 Å². The fourth-order valence-electron chi connectivity index (χ4n) is 2.49. The summed E-state index contributed by atoms with van der Waals surface area (Å²) < 4.78 is 18.7. The highest BCUT2D eigenvalue weighted by atomic mass is 19.1. The Balaban J connectivity index is 1.99. The average molecular weight is 320 g/mol. The van der Waals surface area contributed by atoms with Crippen LogP contribution >= 0.6 is 0 Å². The summed E-state index contributed by atoms with van der Waals surface area (Å²) in [6.45, 7) is 7.02. The molecule has 0 aliphatic carbocycles. The number of ether oxygens (including phenoxy) is 1. The van der Waals surface area contributed by atoms with Crippen LogP contribution in [0.3, 0.4) is 0 Å². The smallest absolute Gasteiger partial charge is 0.246 e. The van der Waals surface area contributed by atoms with Gasteiger partial charge < -0.3 is 14.5 Å². The van der Waals surface area contributed by atoms with Crippen LogP contribution in [-0.4, -0.2) is 54.4 Å². The number of nitrogens with zero attached hydrogens (tertiary/aromatic N) is 2. The number of amides is 2. The van der Waals surface area contributed by atoms with Crippen molar-refractivity contribution in [3.8, 4) is 0 Å². The van der Waals surface area contributed by atoms with Crippen molar-refractivity contribution in [2.45, 2.75) is 13.0 Å². The molecule has 0 saturated carbocycles. The maximum absolute atomic E-state index is 13.0. The lowest BCUT2D eigenvalue weighted by Gasteiger charge is -2.34. The first-order chi connectivity index (χ1) is 11.0. The summed E-state index contributed by atoms with van der Waals surface area (Å²) in [7, 11) is 0. The van der Waals surface area contributed by atoms with Gasteiger partial charge in [0.2, 0.25) is 11.8 Å². The molecule has 0 N–H and O–H groups in total. The Bertz CT molecular complexity index is 574. The highest BCUT2D eigenvalue weighted by Gasteiger charge is 2.26. The second kappa shape index (κ2) is 7.87. The summed E-state index contributed by atoms with van der Waals surface area (Å²) in [5.74, 6) is -0.694. The van der Waals surface area contributed by atoms with Gasteiger partial charge in [0, 0.05) is 13.1 Å². The second-order valence-corrected chi connectivity index (χ2v) is 5.31. The van der Waals surface area contributed by atoms with E-state index in [2.05, 4.69) is 6.58 Å². The summed E-state index contributed by atoms with van der Waals surface area (Å²) in [5, 5.41) is 0. The van der Waals surface area contributed by atoms with Gasteiger partial charge in [-0.1, -0.05) is 18.7 Å². The molecule has 1 aliphatic rings. The third-order valence-electron chi connectivity index (χ3n) is 3.86. The van der Waals surface area contributed by atoms with E-state index in [9.17, 15) is 14.0 Å². The molecule has 5 nitrogen and oxygen atoms in total. The van der Waals surface area contributed by atoms with E-state index in [0.717, 1.165) is 5.56 Å². The number of carbonyl (C=O) groups is 2. The summed E-state index contributed by atoms with van der Waals surface area (Å²) in [6, 6.07) is 6.07. The van der Waals surface area contributed by atoms with Gasteiger partial charge in [-0.3, -0.25) is 9.59 Å². The molecule has 124 valence electrons. The number of morpholine rings is 1. The van der Waals surface area contributed by atoms with Crippen LogP contribution in [0.2, 0.25) is 0 Å². The second-order valence-electron chi connectivity index (χ2n) is 5.31. The third-order valence-corrected chi connectivity index (χ3v) is 3.86. The minimum Gasteiger partial charge on any atom is -0.370 e. The Labute approximate surface area is 135 Å². The van der Waals surface area contributed by atoms with Crippen molar-refractivity contribution >= 4 is 11.8 Å². The van der Waals surface area contributed by atoms with Crippen LogP contribution in [0.4, 0.5) is 4.39 Å². The van der Waals surface area contributed by atoms with Gasteiger partial charge in [-0.05, 0) is 30.7 Å². The van der Waals surface area contributed by atoms with Gasteiger partial charge in [0.25, 0.3) is 0 Å². The third kappa shape index (κ3) is 4.39. The average Bonchev–Trinajstić information content (AvgIpc) is 2.59. The minimum absolute atomic E-state index is 0.0253. The molecular weight excluding hydrogens is 299 g/mol. The molecule has 0 radical (unpaired) electrons. The molecule has 1 aromatic rings. The molecule has 23 heavy (non-hydrogen) atoms. The Hall–Kier alpha value is -2.21. The van der Waals surface area contributed by atoms with Gasteiger partial charge in [0.15, 0.2) is 0 Å². The summed E-state index contributed by atoms with van der Waals surface area (Å²) in [4.78, 5) is 27.2. The van der Waals surface area contributed by atoms with Crippen LogP contribution in [0.25, 0.3) is 0 Å². The highest BCUT2D eigenvalue weighted by Crippen LogP contribution is 2.22. The quantitative estimate of drug-likeness (QED) is 0.777. The molecule has 0 aromatic heterocycles. The predicted octanol–water partition coefficient (Wildman–Crippen LogP) is 1.76. The van der Waals surface area contributed by atoms with Crippen molar-refractivity contribution < 1.29 is 18.7 Å². The molecule has 1 fully saturated rings. The Kier molecular flexibility index (Phi) is 5.87. The fourth-order valence-corrected chi connectivity index (χ4v) is 2.49. The highest BCUT2D eigenvalue weighted by molar-refractivity contribution is 5.90. The van der Waals surface area contributed by atoms with Gasteiger partial charge >= 0.3 is 0 Å². The zero-order valence-corrected chi connectivity index (χ0v) is 13.2. The number of hydrogen-bond acceptors (Lipinski definition) is 3. The SMILES string of the molecule is C=CC(=O)N(CC)CC(=O)N1CCOC(c2ccc(F)cc2)C1. The monoisotopic (exact) mass is 320 g/mol. The molecule has 1 aromatic carbocycles. The minimum atomic E-state index is -0.306. The Morgan fingerprint density at radius 2 is 2.13 bits per heavy atom. The molecule has 1 unspecified atom stereocenters. The van der Waals surface area contributed by atoms with E-state index >= 15 is 0 Å². The van der Waals surface area contributed by atoms with Crippen LogP contribution in [0.5, 0.6) is 0 Å². The normalized spacial score (nSPS) is 17.7. The molecule has 0 bridgehead atoms. The Morgan fingerprint density at radius 3 is 2.74 bits per heavy atom. The van der Waals surface area contributed by atoms with Gasteiger partial charge in [-0.15, -0.1) is 0 Å². The van der Waals surface area contributed by atoms with Crippen molar-refractivity contribution in [3.63, 3.8) is 0 Å². The number of rotatable bonds is 5. The number of halogens is 1. The zero-order chi connectivity index (χ0) is 16.8. The number of carbonyl (C=O) groups excluding carboxylic acids is 2. The fraction of sp³-hybridized carbons (Fsp3) is 0.412. The summed E-state index contributed by atoms with van der Waals surface area (Å²) in [6.07, 6.45) is 0.927. The molecule has 6 heteroatoms. The van der Waals surface area contributed by atoms with Crippen molar-refractivity contribution in [2.75, 3.05) is 32.8 Å². The van der Waals surface area contributed by atoms with Crippen LogP contribution in [-0.2, 0) is 14.3 Å². The van der Waals surface area contributed by atoms with Crippen molar-refractivity contribution in [2.24, 2.45) is 0 Å². The van der Waals surface area contributed by atoms with Crippen LogP contribution in [0, 0.1) is 5.82 Å². The van der Waals surface area contributed by atoms with Crippen molar-refractivity contribution in [1.82, 2.24) is 9.80 Å². The van der Waals surface area contributed by atoms with Gasteiger partial charge in [-0.25, -0.2) is 4.39 Å². The van der Waals surface area contributed by atoms with Crippen LogP contribution in [0.15, 0.2) is 36.9 Å². The molecule has 1 atom stereocenters. The molecule has 2 amide bonds. The van der Waals surface area contributed by atoms with E-state index in [1.165, 1.54) is 23.1 Å². The van der Waals surface area contributed by atoms with Gasteiger partial charge in [-0.2, -0.15) is 0 Å². The summed E-state index contributed by atoms with van der Waals surface area (Å²) in [5.41, 5.74) is 0.832. The zero-order valence-electron chi connectivity index (χ0n) is 13.2. The van der Waals surface area contributed by atoms with E-state index < -0.39 is 0 Å². The molecule has 1 aliphatic heterocycles. The first kappa shape index (κ1) is 17.1. The maximum atomic E-state index is 13.0. The predicted molar refractivity (Wildman–Crippen MR) is 84.1 cm³/mol. The maximum Gasteiger partial charge on any atom is 0.246 e. The molecule has 1 saturated heterocycles. The molecule has 1 heterocycles. The van der Waals surface area contributed by atoms with E-state index in [4.69, 9.17) is 4.74 Å². The van der Waals surface area contributed by atoms with E-state index in [0.29, 0.717) is 26.2 Å². The molecule has 0 spiro atoms. The number of likely N-dealkylation sites (N-methyl/N-ethyl adjacent to an activating group) is 1. The lowest BCUT2D eigenvalue weighted by atomic mass is 10.1. The molecular formula is C17H21FN2O3. The van der Waals surface area contributed by atoms with E-state index in [-0.39, 0.29) is 30.3 Å². The van der Waals surface area contributed by atoms with Crippen molar-refractivity contribution in [3.05, 3.63) is 48.3 Å². The number of benzene rings is 1. The van der Waals surface area contributed by atoms with Crippen LogP contribution < -0.4 is 0 Å².